The molecule has 23 heavy (non-hydrogen) atoms. The highest BCUT2D eigenvalue weighted by atomic mass is 79.9. The number of hydrogen-bond acceptors (Lipinski definition) is 7. The smallest absolute Gasteiger partial charge is 0.350 e. The van der Waals surface area contributed by atoms with Crippen LogP contribution >= 0.6 is 15.9 Å². The number of halogens is 1. The molecule has 8 nitrogen and oxygen atoms in total. The summed E-state index contributed by atoms with van der Waals surface area (Å²) in [6.07, 6.45) is 1.04. The molecule has 0 aromatic heterocycles. The average Bonchev–Trinajstić information content (AvgIpc) is 2.37. The monoisotopic (exact) mass is 384 g/mol. The maximum Gasteiger partial charge on any atom is 0.350 e. The first-order valence-corrected chi connectivity index (χ1v) is 7.28. The fourth-order valence-corrected chi connectivity index (χ4v) is 2.54. The molecule has 0 amide bonds. The molecule has 2 rings (SSSR count). The van der Waals surface area contributed by atoms with Crippen molar-refractivity contribution in [2.75, 3.05) is 5.32 Å². The summed E-state index contributed by atoms with van der Waals surface area (Å²) in [6, 6.07) is 2.98. The second-order valence-corrected chi connectivity index (χ2v) is 6.17. The zero-order chi connectivity index (χ0) is 17.4. The lowest BCUT2D eigenvalue weighted by atomic mass is 10.1. The first kappa shape index (κ1) is 16.9. The molecule has 0 unspecified atom stereocenters. The van der Waals surface area contributed by atoms with Gasteiger partial charge in [-0.25, -0.2) is 9.59 Å². The molecular weight excluding hydrogens is 372 g/mol. The Balaban J connectivity index is 2.35. The van der Waals surface area contributed by atoms with Crippen LogP contribution in [-0.4, -0.2) is 22.6 Å². The fraction of sp³-hybridized carbons (Fsp3) is 0.286. The van der Waals surface area contributed by atoms with Gasteiger partial charge in [-0.15, -0.1) is 0 Å². The van der Waals surface area contributed by atoms with E-state index in [9.17, 15) is 19.7 Å². The molecule has 122 valence electrons. The number of cyclic esters (lactones) is 2. The fourth-order valence-electron chi connectivity index (χ4n) is 1.98. The highest BCUT2D eigenvalue weighted by Crippen LogP contribution is 2.32. The van der Waals surface area contributed by atoms with Crippen LogP contribution in [0.15, 0.2) is 28.4 Å². The molecule has 1 N–H and O–H groups in total. The maximum absolute atomic E-state index is 11.8. The van der Waals surface area contributed by atoms with Crippen molar-refractivity contribution in [2.45, 2.75) is 26.6 Å². The molecule has 1 heterocycles. The molecule has 1 saturated heterocycles. The van der Waals surface area contributed by atoms with Crippen molar-refractivity contribution in [3.05, 3.63) is 44.1 Å². The Hall–Kier alpha value is -2.42. The minimum atomic E-state index is -1.34. The quantitative estimate of drug-likeness (QED) is 0.280. The Morgan fingerprint density at radius 2 is 1.83 bits per heavy atom. The van der Waals surface area contributed by atoms with Gasteiger partial charge in [0.25, 0.3) is 11.5 Å². The summed E-state index contributed by atoms with van der Waals surface area (Å²) < 4.78 is 10.4. The molecular formula is C14H13BrN2O6. The number of carbonyl (C=O) groups is 2. The largest absolute Gasteiger partial charge is 0.419 e. The van der Waals surface area contributed by atoms with Crippen LogP contribution in [0.2, 0.25) is 0 Å². The lowest BCUT2D eigenvalue weighted by Crippen LogP contribution is -2.42. The number of aryl methyl sites for hydroxylation is 1. The molecule has 0 spiro atoms. The van der Waals surface area contributed by atoms with Gasteiger partial charge in [0.2, 0.25) is 0 Å². The zero-order valence-electron chi connectivity index (χ0n) is 12.5. The topological polar surface area (TPSA) is 108 Å². The maximum atomic E-state index is 11.8. The van der Waals surface area contributed by atoms with Crippen LogP contribution in [0.1, 0.15) is 19.4 Å². The van der Waals surface area contributed by atoms with E-state index in [1.54, 1.807) is 13.0 Å². The molecule has 0 saturated carbocycles. The molecule has 1 fully saturated rings. The van der Waals surface area contributed by atoms with Crippen molar-refractivity contribution in [2.24, 2.45) is 0 Å². The van der Waals surface area contributed by atoms with Crippen molar-refractivity contribution in [3.63, 3.8) is 0 Å². The van der Waals surface area contributed by atoms with Crippen LogP contribution in [0, 0.1) is 17.0 Å². The third-order valence-electron chi connectivity index (χ3n) is 2.95. The van der Waals surface area contributed by atoms with Gasteiger partial charge in [0.15, 0.2) is 5.57 Å². The number of nitro benzene ring substituents is 1. The Bertz CT molecular complexity index is 719. The zero-order valence-corrected chi connectivity index (χ0v) is 14.1. The molecule has 1 aliphatic rings. The van der Waals surface area contributed by atoms with Crippen molar-refractivity contribution < 1.29 is 24.0 Å². The predicted octanol–water partition coefficient (Wildman–Crippen LogP) is 2.80. The van der Waals surface area contributed by atoms with Crippen LogP contribution in [-0.2, 0) is 19.1 Å². The SMILES string of the molecule is Cc1cc(Br)cc([N+](=O)[O-])c1NC=C1C(=O)OC(C)(C)OC1=O. The summed E-state index contributed by atoms with van der Waals surface area (Å²) in [5, 5.41) is 13.8. The van der Waals surface area contributed by atoms with Gasteiger partial charge in [-0.1, -0.05) is 15.9 Å². The van der Waals surface area contributed by atoms with Crippen molar-refractivity contribution >= 4 is 39.2 Å². The second-order valence-electron chi connectivity index (χ2n) is 5.26. The third-order valence-corrected chi connectivity index (χ3v) is 3.41. The molecule has 0 atom stereocenters. The molecule has 0 bridgehead atoms. The van der Waals surface area contributed by atoms with Gasteiger partial charge in [0, 0.05) is 30.6 Å². The van der Waals surface area contributed by atoms with E-state index in [-0.39, 0.29) is 16.9 Å². The summed E-state index contributed by atoms with van der Waals surface area (Å²) >= 11 is 3.18. The van der Waals surface area contributed by atoms with Crippen molar-refractivity contribution in [1.82, 2.24) is 0 Å². The third kappa shape index (κ3) is 3.67. The minimum absolute atomic E-state index is 0.163. The summed E-state index contributed by atoms with van der Waals surface area (Å²) in [6.45, 7) is 4.51. The molecule has 1 aromatic rings. The number of ether oxygens (including phenoxy) is 2. The number of hydrogen-bond donors (Lipinski definition) is 1. The number of nitrogens with zero attached hydrogens (tertiary/aromatic N) is 1. The molecule has 0 aliphatic carbocycles. The van der Waals surface area contributed by atoms with Crippen LogP contribution in [0.25, 0.3) is 0 Å². The number of carbonyl (C=O) groups excluding carboxylic acids is 2. The van der Waals surface area contributed by atoms with E-state index in [1.165, 1.54) is 19.9 Å². The van der Waals surface area contributed by atoms with Crippen molar-refractivity contribution in [3.8, 4) is 0 Å². The van der Waals surface area contributed by atoms with Crippen LogP contribution in [0.5, 0.6) is 0 Å². The Kier molecular flexibility index (Phi) is 4.42. The lowest BCUT2D eigenvalue weighted by Gasteiger charge is -2.29. The van der Waals surface area contributed by atoms with E-state index < -0.39 is 22.6 Å². The Morgan fingerprint density at radius 1 is 1.26 bits per heavy atom. The molecule has 0 radical (unpaired) electrons. The van der Waals surface area contributed by atoms with Gasteiger partial charge in [0.05, 0.1) is 4.92 Å². The van der Waals surface area contributed by atoms with Gasteiger partial charge >= 0.3 is 11.9 Å². The molecule has 1 aromatic carbocycles. The van der Waals surface area contributed by atoms with Crippen LogP contribution in [0.3, 0.4) is 0 Å². The van der Waals surface area contributed by atoms with Gasteiger partial charge in [-0.05, 0) is 18.6 Å². The van der Waals surface area contributed by atoms with Gasteiger partial charge in [-0.2, -0.15) is 0 Å². The van der Waals surface area contributed by atoms with E-state index in [0.29, 0.717) is 10.0 Å². The first-order valence-electron chi connectivity index (χ1n) is 6.48. The van der Waals surface area contributed by atoms with E-state index in [4.69, 9.17) is 9.47 Å². The number of esters is 2. The average molecular weight is 385 g/mol. The number of benzene rings is 1. The van der Waals surface area contributed by atoms with Crippen LogP contribution < -0.4 is 5.32 Å². The van der Waals surface area contributed by atoms with Crippen molar-refractivity contribution in [1.29, 1.82) is 0 Å². The summed E-state index contributed by atoms with van der Waals surface area (Å²) in [5.74, 6) is -3.07. The van der Waals surface area contributed by atoms with E-state index in [2.05, 4.69) is 21.2 Å². The Labute approximate surface area is 139 Å². The summed E-state index contributed by atoms with van der Waals surface area (Å²) in [4.78, 5) is 34.2. The highest BCUT2D eigenvalue weighted by Gasteiger charge is 2.39. The van der Waals surface area contributed by atoms with E-state index >= 15 is 0 Å². The summed E-state index contributed by atoms with van der Waals surface area (Å²) in [7, 11) is 0. The molecule has 9 heteroatoms. The number of rotatable bonds is 3. The van der Waals surface area contributed by atoms with Crippen LogP contribution in [0.4, 0.5) is 11.4 Å². The number of nitro groups is 1. The van der Waals surface area contributed by atoms with Gasteiger partial charge < -0.3 is 14.8 Å². The minimum Gasteiger partial charge on any atom is -0.419 e. The normalized spacial score (nSPS) is 16.4. The van der Waals surface area contributed by atoms with Gasteiger partial charge in [0.1, 0.15) is 5.69 Å². The number of anilines is 1. The Morgan fingerprint density at radius 3 is 2.35 bits per heavy atom. The standard InChI is InChI=1S/C14H13BrN2O6/c1-7-4-8(15)5-10(17(20)21)11(7)16-6-9-12(18)22-14(2,3)23-13(9)19/h4-6,16H,1-3H3. The predicted molar refractivity (Wildman–Crippen MR) is 83.5 cm³/mol. The van der Waals surface area contributed by atoms with Gasteiger partial charge in [-0.3, -0.25) is 10.1 Å². The van der Waals surface area contributed by atoms with E-state index in [1.807, 2.05) is 0 Å². The highest BCUT2D eigenvalue weighted by molar-refractivity contribution is 9.10. The van der Waals surface area contributed by atoms with E-state index in [0.717, 1.165) is 6.20 Å². The summed E-state index contributed by atoms with van der Waals surface area (Å²) in [5.41, 5.74) is 0.143. The number of nitrogens with one attached hydrogen (secondary N) is 1. The molecule has 1 aliphatic heterocycles. The second kappa shape index (κ2) is 5.99. The lowest BCUT2D eigenvalue weighted by molar-refractivity contribution is -0.384. The first-order chi connectivity index (χ1) is 10.6.